The average molecular weight is 401 g/mol. The number of amides is 2. The Kier molecular flexibility index (Phi) is 5.99. The Balaban J connectivity index is 1.80. The van der Waals surface area contributed by atoms with Crippen LogP contribution in [0.1, 0.15) is 30.9 Å². The fraction of sp³-hybridized carbons (Fsp3) is 0.300. The monoisotopic (exact) mass is 401 g/mol. The number of anilines is 2. The first kappa shape index (κ1) is 19.9. The fourth-order valence-corrected chi connectivity index (χ4v) is 3.82. The van der Waals surface area contributed by atoms with E-state index in [1.54, 1.807) is 29.2 Å². The largest absolute Gasteiger partial charge is 0.327 e. The number of carbonyl (C=O) groups excluding carboxylic acids is 2. The van der Waals surface area contributed by atoms with Crippen molar-refractivity contribution in [1.82, 2.24) is 4.90 Å². The third kappa shape index (κ3) is 5.10. The van der Waals surface area contributed by atoms with Gasteiger partial charge < -0.3 is 10.2 Å². The Labute approximate surface area is 164 Å². The first-order valence-corrected chi connectivity index (χ1v) is 11.0. The molecule has 0 aliphatic carbocycles. The van der Waals surface area contributed by atoms with Crippen LogP contribution in [0.5, 0.6) is 0 Å². The molecule has 1 atom stereocenters. The summed E-state index contributed by atoms with van der Waals surface area (Å²) in [4.78, 5) is 27.1. The van der Waals surface area contributed by atoms with E-state index < -0.39 is 16.1 Å². The van der Waals surface area contributed by atoms with Crippen molar-refractivity contribution < 1.29 is 18.0 Å². The maximum atomic E-state index is 13.1. The minimum atomic E-state index is -3.36. The maximum absolute atomic E-state index is 13.1. The molecule has 2 N–H and O–H groups in total. The molecule has 0 radical (unpaired) electrons. The van der Waals surface area contributed by atoms with Crippen molar-refractivity contribution in [2.45, 2.75) is 25.3 Å². The lowest BCUT2D eigenvalue weighted by Gasteiger charge is -2.34. The minimum absolute atomic E-state index is 0.0250. The van der Waals surface area contributed by atoms with Gasteiger partial charge in [0.2, 0.25) is 15.9 Å². The lowest BCUT2D eigenvalue weighted by Crippen LogP contribution is -2.43. The molecule has 1 aliphatic heterocycles. The topological polar surface area (TPSA) is 95.6 Å². The zero-order valence-electron chi connectivity index (χ0n) is 15.6. The standard InChI is InChI=1S/C20H23N3O4S/c1-28(26,27)22-17-12-10-16(11-13-17)21-20(25)19(15-7-3-2-4-8-15)23-14-6-5-9-18(23)24/h2-4,7-8,10-13,19,22H,5-6,9,14H2,1H3,(H,21,25). The molecule has 0 aromatic heterocycles. The zero-order chi connectivity index (χ0) is 20.1. The zero-order valence-corrected chi connectivity index (χ0v) is 16.4. The number of hydrogen-bond acceptors (Lipinski definition) is 4. The number of nitrogens with zero attached hydrogens (tertiary/aromatic N) is 1. The van der Waals surface area contributed by atoms with Gasteiger partial charge in [-0.15, -0.1) is 0 Å². The summed E-state index contributed by atoms with van der Waals surface area (Å²) in [5, 5.41) is 2.84. The van der Waals surface area contributed by atoms with Crippen molar-refractivity contribution in [1.29, 1.82) is 0 Å². The van der Waals surface area contributed by atoms with Crippen LogP contribution in [0, 0.1) is 0 Å². The summed E-state index contributed by atoms with van der Waals surface area (Å²) in [6, 6.07) is 14.9. The van der Waals surface area contributed by atoms with Crippen LogP contribution in [-0.4, -0.2) is 37.9 Å². The molecule has 1 aliphatic rings. The van der Waals surface area contributed by atoms with Gasteiger partial charge in [0.15, 0.2) is 0 Å². The molecular formula is C20H23N3O4S. The molecule has 1 heterocycles. The molecule has 0 bridgehead atoms. The number of piperidine rings is 1. The number of carbonyl (C=O) groups is 2. The highest BCUT2D eigenvalue weighted by Crippen LogP contribution is 2.27. The lowest BCUT2D eigenvalue weighted by molar-refractivity contribution is -0.141. The van der Waals surface area contributed by atoms with E-state index in [1.807, 2.05) is 30.3 Å². The average Bonchev–Trinajstić information content (AvgIpc) is 2.65. The molecule has 1 unspecified atom stereocenters. The van der Waals surface area contributed by atoms with E-state index in [9.17, 15) is 18.0 Å². The molecule has 2 amide bonds. The Hall–Kier alpha value is -2.87. The molecule has 148 valence electrons. The predicted molar refractivity (Wildman–Crippen MR) is 108 cm³/mol. The van der Waals surface area contributed by atoms with E-state index in [0.717, 1.165) is 24.7 Å². The first-order valence-electron chi connectivity index (χ1n) is 9.06. The molecule has 3 rings (SSSR count). The van der Waals surface area contributed by atoms with Crippen LogP contribution in [0.4, 0.5) is 11.4 Å². The third-order valence-electron chi connectivity index (χ3n) is 4.49. The van der Waals surface area contributed by atoms with E-state index in [-0.39, 0.29) is 11.8 Å². The molecule has 0 spiro atoms. The molecule has 1 fully saturated rings. The molecule has 0 saturated carbocycles. The van der Waals surface area contributed by atoms with Crippen LogP contribution in [0.25, 0.3) is 0 Å². The SMILES string of the molecule is CS(=O)(=O)Nc1ccc(NC(=O)C(c2ccccc2)N2CCCCC2=O)cc1. The van der Waals surface area contributed by atoms with Gasteiger partial charge in [-0.3, -0.25) is 14.3 Å². The Morgan fingerprint density at radius 1 is 1.00 bits per heavy atom. The van der Waals surface area contributed by atoms with Crippen LogP contribution in [0.2, 0.25) is 0 Å². The van der Waals surface area contributed by atoms with Crippen LogP contribution in [0.3, 0.4) is 0 Å². The van der Waals surface area contributed by atoms with Crippen LogP contribution in [-0.2, 0) is 19.6 Å². The number of rotatable bonds is 6. The maximum Gasteiger partial charge on any atom is 0.251 e. The summed E-state index contributed by atoms with van der Waals surface area (Å²) in [5.41, 5.74) is 1.69. The molecular weight excluding hydrogens is 378 g/mol. The van der Waals surface area contributed by atoms with E-state index in [1.165, 1.54) is 0 Å². The van der Waals surface area contributed by atoms with Gasteiger partial charge in [-0.25, -0.2) is 8.42 Å². The first-order chi connectivity index (χ1) is 13.3. The molecule has 2 aromatic rings. The van der Waals surface area contributed by atoms with E-state index in [2.05, 4.69) is 10.0 Å². The number of benzene rings is 2. The van der Waals surface area contributed by atoms with Gasteiger partial charge in [-0.1, -0.05) is 30.3 Å². The number of sulfonamides is 1. The van der Waals surface area contributed by atoms with Gasteiger partial charge >= 0.3 is 0 Å². The van der Waals surface area contributed by atoms with Crippen LogP contribution < -0.4 is 10.0 Å². The van der Waals surface area contributed by atoms with Crippen molar-refractivity contribution in [3.8, 4) is 0 Å². The molecule has 2 aromatic carbocycles. The highest BCUT2D eigenvalue weighted by atomic mass is 32.2. The normalized spacial score (nSPS) is 15.8. The summed E-state index contributed by atoms with van der Waals surface area (Å²) in [6.45, 7) is 0.545. The highest BCUT2D eigenvalue weighted by Gasteiger charge is 2.32. The second-order valence-electron chi connectivity index (χ2n) is 6.80. The Morgan fingerprint density at radius 3 is 2.25 bits per heavy atom. The van der Waals surface area contributed by atoms with E-state index >= 15 is 0 Å². The smallest absolute Gasteiger partial charge is 0.251 e. The van der Waals surface area contributed by atoms with Crippen molar-refractivity contribution in [2.75, 3.05) is 22.8 Å². The van der Waals surface area contributed by atoms with Gasteiger partial charge in [0, 0.05) is 24.3 Å². The number of likely N-dealkylation sites (tertiary alicyclic amines) is 1. The second kappa shape index (κ2) is 8.43. The van der Waals surface area contributed by atoms with Crippen molar-refractivity contribution in [2.24, 2.45) is 0 Å². The summed E-state index contributed by atoms with van der Waals surface area (Å²) < 4.78 is 25.0. The quantitative estimate of drug-likeness (QED) is 0.778. The highest BCUT2D eigenvalue weighted by molar-refractivity contribution is 7.92. The lowest BCUT2D eigenvalue weighted by atomic mass is 10.0. The second-order valence-corrected chi connectivity index (χ2v) is 8.55. The Bertz CT molecular complexity index is 943. The van der Waals surface area contributed by atoms with Gasteiger partial charge in [0.1, 0.15) is 6.04 Å². The summed E-state index contributed by atoms with van der Waals surface area (Å²) in [5.74, 6) is -0.326. The molecule has 1 saturated heterocycles. The van der Waals surface area contributed by atoms with Gasteiger partial charge in [-0.2, -0.15) is 0 Å². The van der Waals surface area contributed by atoms with Gasteiger partial charge in [0.05, 0.1) is 6.26 Å². The van der Waals surface area contributed by atoms with E-state index in [0.29, 0.717) is 24.3 Å². The summed E-state index contributed by atoms with van der Waals surface area (Å²) >= 11 is 0. The Morgan fingerprint density at radius 2 is 1.64 bits per heavy atom. The van der Waals surface area contributed by atoms with Gasteiger partial charge in [0.25, 0.3) is 5.91 Å². The van der Waals surface area contributed by atoms with Crippen LogP contribution in [0.15, 0.2) is 54.6 Å². The van der Waals surface area contributed by atoms with Crippen LogP contribution >= 0.6 is 0 Å². The third-order valence-corrected chi connectivity index (χ3v) is 5.10. The predicted octanol–water partition coefficient (Wildman–Crippen LogP) is 2.75. The van der Waals surface area contributed by atoms with Crippen molar-refractivity contribution in [3.63, 3.8) is 0 Å². The molecule has 28 heavy (non-hydrogen) atoms. The number of hydrogen-bond donors (Lipinski definition) is 2. The molecule has 7 nitrogen and oxygen atoms in total. The number of nitrogens with one attached hydrogen (secondary N) is 2. The summed E-state index contributed by atoms with van der Waals surface area (Å²) in [7, 11) is -3.36. The van der Waals surface area contributed by atoms with Gasteiger partial charge in [-0.05, 0) is 42.7 Å². The summed E-state index contributed by atoms with van der Waals surface area (Å²) in [6.07, 6.45) is 3.23. The van der Waals surface area contributed by atoms with Crippen molar-refractivity contribution in [3.05, 3.63) is 60.2 Å². The fourth-order valence-electron chi connectivity index (χ4n) is 3.25. The minimum Gasteiger partial charge on any atom is -0.327 e. The van der Waals surface area contributed by atoms with Crippen molar-refractivity contribution >= 4 is 33.2 Å². The molecule has 8 heteroatoms. The van der Waals surface area contributed by atoms with E-state index in [4.69, 9.17) is 0 Å².